The molecule has 1 aliphatic carbocycles. The number of nitrogens with one attached hydrogen (secondary N) is 2. The molecular weight excluding hydrogens is 176 g/mol. The maximum atomic E-state index is 11.3. The van der Waals surface area contributed by atoms with Gasteiger partial charge in [-0.2, -0.15) is 0 Å². The molecule has 1 unspecified atom stereocenters. The lowest BCUT2D eigenvalue weighted by molar-refractivity contribution is -0.120. The third kappa shape index (κ3) is 3.66. The molecule has 3 heteroatoms. The van der Waals surface area contributed by atoms with Crippen LogP contribution in [0.2, 0.25) is 0 Å². The van der Waals surface area contributed by atoms with Gasteiger partial charge in [-0.15, -0.1) is 0 Å². The Kier molecular flexibility index (Phi) is 4.39. The second kappa shape index (κ2) is 5.35. The first-order valence-electron chi connectivity index (χ1n) is 5.62. The normalized spacial score (nSPS) is 19.1. The zero-order valence-electron chi connectivity index (χ0n) is 9.47. The fraction of sp³-hybridized carbons (Fsp3) is 0.909. The van der Waals surface area contributed by atoms with Crippen LogP contribution in [0.1, 0.15) is 40.0 Å². The van der Waals surface area contributed by atoms with Crippen LogP contribution in [-0.4, -0.2) is 24.5 Å². The number of amides is 1. The van der Waals surface area contributed by atoms with Gasteiger partial charge in [-0.25, -0.2) is 0 Å². The standard InChI is InChI=1S/C11H22N2O/c1-8(2)13-11(14)7-12-9(3)10-5-4-6-10/h8-10,12H,4-7H2,1-3H3,(H,13,14). The first-order valence-corrected chi connectivity index (χ1v) is 5.62. The van der Waals surface area contributed by atoms with Gasteiger partial charge in [0.25, 0.3) is 0 Å². The van der Waals surface area contributed by atoms with Crippen LogP contribution < -0.4 is 10.6 Å². The summed E-state index contributed by atoms with van der Waals surface area (Å²) in [6.45, 7) is 6.59. The summed E-state index contributed by atoms with van der Waals surface area (Å²) in [5.41, 5.74) is 0. The minimum Gasteiger partial charge on any atom is -0.353 e. The van der Waals surface area contributed by atoms with Gasteiger partial charge >= 0.3 is 0 Å². The van der Waals surface area contributed by atoms with Crippen LogP contribution in [-0.2, 0) is 4.79 Å². The zero-order valence-corrected chi connectivity index (χ0v) is 9.47. The van der Waals surface area contributed by atoms with E-state index in [2.05, 4.69) is 17.6 Å². The molecule has 0 aromatic rings. The van der Waals surface area contributed by atoms with E-state index in [9.17, 15) is 4.79 Å². The van der Waals surface area contributed by atoms with Gasteiger partial charge in [-0.1, -0.05) is 6.42 Å². The van der Waals surface area contributed by atoms with Gasteiger partial charge in [0.15, 0.2) is 0 Å². The molecule has 0 spiro atoms. The summed E-state index contributed by atoms with van der Waals surface area (Å²) in [5.74, 6) is 0.896. The van der Waals surface area contributed by atoms with Gasteiger partial charge in [-0.3, -0.25) is 4.79 Å². The van der Waals surface area contributed by atoms with E-state index in [1.165, 1.54) is 19.3 Å². The second-order valence-electron chi connectivity index (χ2n) is 4.58. The quantitative estimate of drug-likeness (QED) is 0.699. The van der Waals surface area contributed by atoms with Gasteiger partial charge < -0.3 is 10.6 Å². The fourth-order valence-corrected chi connectivity index (χ4v) is 1.73. The third-order valence-corrected chi connectivity index (χ3v) is 2.89. The Morgan fingerprint density at radius 3 is 2.43 bits per heavy atom. The van der Waals surface area contributed by atoms with E-state index in [1.54, 1.807) is 0 Å². The molecule has 0 heterocycles. The van der Waals surface area contributed by atoms with Crippen LogP contribution in [0.3, 0.4) is 0 Å². The van der Waals surface area contributed by atoms with E-state index >= 15 is 0 Å². The molecule has 2 N–H and O–H groups in total. The Morgan fingerprint density at radius 2 is 2.00 bits per heavy atom. The molecule has 1 fully saturated rings. The predicted octanol–water partition coefficient (Wildman–Crippen LogP) is 1.29. The smallest absolute Gasteiger partial charge is 0.234 e. The first kappa shape index (κ1) is 11.5. The summed E-state index contributed by atoms with van der Waals surface area (Å²) in [5, 5.41) is 6.15. The molecule has 1 saturated carbocycles. The van der Waals surface area contributed by atoms with E-state index in [0.29, 0.717) is 12.6 Å². The summed E-state index contributed by atoms with van der Waals surface area (Å²) in [6, 6.07) is 0.727. The van der Waals surface area contributed by atoms with Gasteiger partial charge in [-0.05, 0) is 39.5 Å². The number of hydrogen-bond donors (Lipinski definition) is 2. The van der Waals surface area contributed by atoms with Crippen molar-refractivity contribution in [3.63, 3.8) is 0 Å². The van der Waals surface area contributed by atoms with Crippen LogP contribution in [0.4, 0.5) is 0 Å². The maximum Gasteiger partial charge on any atom is 0.234 e. The molecule has 0 aliphatic heterocycles. The van der Waals surface area contributed by atoms with Crippen LogP contribution in [0.15, 0.2) is 0 Å². The topological polar surface area (TPSA) is 41.1 Å². The predicted molar refractivity (Wildman–Crippen MR) is 58.1 cm³/mol. The highest BCUT2D eigenvalue weighted by Crippen LogP contribution is 2.29. The molecule has 1 aliphatic rings. The molecule has 14 heavy (non-hydrogen) atoms. The fourth-order valence-electron chi connectivity index (χ4n) is 1.73. The molecule has 0 saturated heterocycles. The van der Waals surface area contributed by atoms with Crippen molar-refractivity contribution in [3.05, 3.63) is 0 Å². The van der Waals surface area contributed by atoms with Crippen molar-refractivity contribution < 1.29 is 4.79 Å². The Morgan fingerprint density at radius 1 is 1.36 bits per heavy atom. The van der Waals surface area contributed by atoms with Crippen LogP contribution in [0.25, 0.3) is 0 Å². The van der Waals surface area contributed by atoms with Crippen LogP contribution in [0.5, 0.6) is 0 Å². The van der Waals surface area contributed by atoms with Gasteiger partial charge in [0.05, 0.1) is 6.54 Å². The van der Waals surface area contributed by atoms with E-state index in [1.807, 2.05) is 13.8 Å². The highest BCUT2D eigenvalue weighted by atomic mass is 16.1. The van der Waals surface area contributed by atoms with Gasteiger partial charge in [0.2, 0.25) is 5.91 Å². The Hall–Kier alpha value is -0.570. The number of hydrogen-bond acceptors (Lipinski definition) is 2. The highest BCUT2D eigenvalue weighted by molar-refractivity contribution is 5.78. The molecular formula is C11H22N2O. The van der Waals surface area contributed by atoms with Gasteiger partial charge in [0, 0.05) is 12.1 Å². The van der Waals surface area contributed by atoms with Crippen molar-refractivity contribution in [2.45, 2.75) is 52.1 Å². The van der Waals surface area contributed by atoms with Crippen molar-refractivity contribution in [2.75, 3.05) is 6.54 Å². The van der Waals surface area contributed by atoms with Crippen molar-refractivity contribution in [1.82, 2.24) is 10.6 Å². The average Bonchev–Trinajstić information content (AvgIpc) is 1.96. The lowest BCUT2D eigenvalue weighted by Gasteiger charge is -2.31. The summed E-state index contributed by atoms with van der Waals surface area (Å²) in [7, 11) is 0. The highest BCUT2D eigenvalue weighted by Gasteiger charge is 2.23. The van der Waals surface area contributed by atoms with E-state index in [0.717, 1.165) is 5.92 Å². The largest absolute Gasteiger partial charge is 0.353 e. The number of rotatable bonds is 5. The molecule has 1 rings (SSSR count). The molecule has 3 nitrogen and oxygen atoms in total. The Bertz CT molecular complexity index is 188. The Balaban J connectivity index is 2.09. The molecule has 0 bridgehead atoms. The van der Waals surface area contributed by atoms with Crippen molar-refractivity contribution in [1.29, 1.82) is 0 Å². The van der Waals surface area contributed by atoms with E-state index in [4.69, 9.17) is 0 Å². The lowest BCUT2D eigenvalue weighted by Crippen LogP contribution is -2.44. The molecule has 1 amide bonds. The summed E-state index contributed by atoms with van der Waals surface area (Å²) < 4.78 is 0. The maximum absolute atomic E-state index is 11.3. The number of carbonyl (C=O) groups is 1. The lowest BCUT2D eigenvalue weighted by atomic mass is 9.80. The molecule has 0 aromatic heterocycles. The molecule has 1 atom stereocenters. The summed E-state index contributed by atoms with van der Waals surface area (Å²) in [6.07, 6.45) is 3.99. The summed E-state index contributed by atoms with van der Waals surface area (Å²) in [4.78, 5) is 11.3. The van der Waals surface area contributed by atoms with Crippen LogP contribution >= 0.6 is 0 Å². The summed E-state index contributed by atoms with van der Waals surface area (Å²) >= 11 is 0. The van der Waals surface area contributed by atoms with Gasteiger partial charge in [0.1, 0.15) is 0 Å². The second-order valence-corrected chi connectivity index (χ2v) is 4.58. The first-order chi connectivity index (χ1) is 6.59. The van der Waals surface area contributed by atoms with E-state index < -0.39 is 0 Å². The minimum atomic E-state index is 0.103. The number of carbonyl (C=O) groups excluding carboxylic acids is 1. The third-order valence-electron chi connectivity index (χ3n) is 2.89. The van der Waals surface area contributed by atoms with Crippen molar-refractivity contribution in [2.24, 2.45) is 5.92 Å². The monoisotopic (exact) mass is 198 g/mol. The SMILES string of the molecule is CC(C)NC(=O)CNC(C)C1CCC1. The van der Waals surface area contributed by atoms with Crippen LogP contribution in [0, 0.1) is 5.92 Å². The minimum absolute atomic E-state index is 0.103. The molecule has 0 aromatic carbocycles. The Labute approximate surface area is 86.6 Å². The zero-order chi connectivity index (χ0) is 10.6. The molecule has 82 valence electrons. The average molecular weight is 198 g/mol. The van der Waals surface area contributed by atoms with Crippen molar-refractivity contribution in [3.8, 4) is 0 Å². The van der Waals surface area contributed by atoms with Crippen molar-refractivity contribution >= 4 is 5.91 Å². The molecule has 0 radical (unpaired) electrons. The van der Waals surface area contributed by atoms with E-state index in [-0.39, 0.29) is 11.9 Å².